The average molecular weight is 340 g/mol. The largest absolute Gasteiger partial charge is 0.452 e. The first-order valence-corrected chi connectivity index (χ1v) is 7.81. The fraction of sp³-hybridized carbons (Fsp3) is 0.211. The number of rotatable bonds is 6. The zero-order chi connectivity index (χ0) is 18.2. The number of ether oxygens (including phenoxy) is 1. The second kappa shape index (κ2) is 8.63. The number of hydrogen-bond donors (Lipinski definition) is 2. The van der Waals surface area contributed by atoms with Crippen LogP contribution in [0.25, 0.3) is 0 Å². The molecule has 2 N–H and O–H groups in total. The van der Waals surface area contributed by atoms with Crippen LogP contribution in [0.15, 0.2) is 48.5 Å². The van der Waals surface area contributed by atoms with Crippen molar-refractivity contribution in [3.63, 3.8) is 0 Å². The monoisotopic (exact) mass is 340 g/mol. The van der Waals surface area contributed by atoms with E-state index < -0.39 is 5.97 Å². The molecule has 0 aromatic heterocycles. The maximum absolute atomic E-state index is 11.9. The molecule has 0 spiro atoms. The van der Waals surface area contributed by atoms with Crippen molar-refractivity contribution < 1.29 is 19.1 Å². The van der Waals surface area contributed by atoms with Crippen molar-refractivity contribution in [3.8, 4) is 0 Å². The van der Waals surface area contributed by atoms with Gasteiger partial charge in [0.15, 0.2) is 6.61 Å². The van der Waals surface area contributed by atoms with E-state index in [2.05, 4.69) is 10.6 Å². The minimum absolute atomic E-state index is 0.194. The van der Waals surface area contributed by atoms with Crippen LogP contribution < -0.4 is 10.6 Å². The number of amides is 2. The van der Waals surface area contributed by atoms with Crippen LogP contribution >= 0.6 is 0 Å². The molecule has 25 heavy (non-hydrogen) atoms. The van der Waals surface area contributed by atoms with Gasteiger partial charge in [0, 0.05) is 19.2 Å². The summed E-state index contributed by atoms with van der Waals surface area (Å²) >= 11 is 0. The Hall–Kier alpha value is -3.15. The Kier molecular flexibility index (Phi) is 6.28. The Labute approximate surface area is 146 Å². The Morgan fingerprint density at radius 3 is 2.20 bits per heavy atom. The highest BCUT2D eigenvalue weighted by Crippen LogP contribution is 2.10. The first-order valence-electron chi connectivity index (χ1n) is 7.81. The molecule has 0 aliphatic rings. The molecule has 2 aromatic carbocycles. The van der Waals surface area contributed by atoms with Crippen molar-refractivity contribution in [3.05, 3.63) is 65.2 Å². The van der Waals surface area contributed by atoms with Crippen LogP contribution in [0.5, 0.6) is 0 Å². The first kappa shape index (κ1) is 18.2. The summed E-state index contributed by atoms with van der Waals surface area (Å²) in [6.45, 7) is 3.42. The van der Waals surface area contributed by atoms with E-state index in [1.165, 1.54) is 19.1 Å². The molecule has 0 fully saturated rings. The minimum Gasteiger partial charge on any atom is -0.452 e. The fourth-order valence-corrected chi connectivity index (χ4v) is 2.06. The number of anilines is 1. The summed E-state index contributed by atoms with van der Waals surface area (Å²) < 4.78 is 4.98. The normalized spacial score (nSPS) is 10.0. The van der Waals surface area contributed by atoms with Crippen molar-refractivity contribution in [2.75, 3.05) is 11.9 Å². The number of carbonyl (C=O) groups is 3. The standard InChI is InChI=1S/C19H20N2O4/c1-13-3-5-15(6-4-13)11-20-18(23)12-25-19(24)16-7-9-17(10-8-16)21-14(2)22/h3-10H,11-12H2,1-2H3,(H,20,23)(H,21,22). The molecule has 0 bridgehead atoms. The van der Waals surface area contributed by atoms with Crippen LogP contribution in [-0.4, -0.2) is 24.4 Å². The summed E-state index contributed by atoms with van der Waals surface area (Å²) in [5, 5.41) is 5.29. The average Bonchev–Trinajstić information content (AvgIpc) is 2.59. The van der Waals surface area contributed by atoms with Crippen LogP contribution in [0.4, 0.5) is 5.69 Å². The number of esters is 1. The molecule has 130 valence electrons. The van der Waals surface area contributed by atoms with Gasteiger partial charge in [-0.2, -0.15) is 0 Å². The summed E-state index contributed by atoms with van der Waals surface area (Å²) in [4.78, 5) is 34.6. The van der Waals surface area contributed by atoms with Crippen LogP contribution in [0.1, 0.15) is 28.4 Å². The Balaban J connectivity index is 1.77. The van der Waals surface area contributed by atoms with E-state index in [4.69, 9.17) is 4.74 Å². The second-order valence-electron chi connectivity index (χ2n) is 5.60. The fourth-order valence-electron chi connectivity index (χ4n) is 2.06. The van der Waals surface area contributed by atoms with Gasteiger partial charge >= 0.3 is 5.97 Å². The summed E-state index contributed by atoms with van der Waals surface area (Å²) in [6, 6.07) is 14.0. The minimum atomic E-state index is -0.597. The third-order valence-electron chi connectivity index (χ3n) is 3.39. The molecular weight excluding hydrogens is 320 g/mol. The van der Waals surface area contributed by atoms with Crippen LogP contribution in [-0.2, 0) is 20.9 Å². The van der Waals surface area contributed by atoms with Gasteiger partial charge in [-0.15, -0.1) is 0 Å². The number of carbonyl (C=O) groups excluding carboxylic acids is 3. The van der Waals surface area contributed by atoms with Crippen molar-refractivity contribution in [1.29, 1.82) is 0 Å². The Bertz CT molecular complexity index is 752. The van der Waals surface area contributed by atoms with Crippen LogP contribution in [0.2, 0.25) is 0 Å². The lowest BCUT2D eigenvalue weighted by Crippen LogP contribution is -2.28. The van der Waals surface area contributed by atoms with Crippen molar-refractivity contribution in [1.82, 2.24) is 5.32 Å². The highest BCUT2D eigenvalue weighted by molar-refractivity contribution is 5.93. The Morgan fingerprint density at radius 1 is 0.960 bits per heavy atom. The summed E-state index contributed by atoms with van der Waals surface area (Å²) in [7, 11) is 0. The summed E-state index contributed by atoms with van der Waals surface area (Å²) in [5.41, 5.74) is 3.01. The maximum Gasteiger partial charge on any atom is 0.338 e. The van der Waals surface area contributed by atoms with Gasteiger partial charge in [-0.05, 0) is 36.8 Å². The Morgan fingerprint density at radius 2 is 1.60 bits per heavy atom. The van der Waals surface area contributed by atoms with Gasteiger partial charge in [0.05, 0.1) is 5.56 Å². The molecule has 2 rings (SSSR count). The van der Waals surface area contributed by atoms with Gasteiger partial charge in [-0.1, -0.05) is 29.8 Å². The van der Waals surface area contributed by atoms with Gasteiger partial charge in [0.1, 0.15) is 0 Å². The lowest BCUT2D eigenvalue weighted by molar-refractivity contribution is -0.124. The molecular formula is C19H20N2O4. The molecule has 6 heteroatoms. The predicted molar refractivity (Wildman–Crippen MR) is 94.1 cm³/mol. The van der Waals surface area contributed by atoms with E-state index in [0.717, 1.165) is 11.1 Å². The zero-order valence-corrected chi connectivity index (χ0v) is 14.2. The third kappa shape index (κ3) is 6.10. The smallest absolute Gasteiger partial charge is 0.338 e. The SMILES string of the molecule is CC(=O)Nc1ccc(C(=O)OCC(=O)NCc2ccc(C)cc2)cc1. The molecule has 2 aromatic rings. The van der Waals surface area contributed by atoms with Crippen molar-refractivity contribution >= 4 is 23.5 Å². The lowest BCUT2D eigenvalue weighted by Gasteiger charge is -2.08. The van der Waals surface area contributed by atoms with Gasteiger partial charge in [-0.25, -0.2) is 4.79 Å². The number of nitrogens with one attached hydrogen (secondary N) is 2. The van der Waals surface area contributed by atoms with Gasteiger partial charge in [-0.3, -0.25) is 9.59 Å². The molecule has 0 aliphatic carbocycles. The number of aryl methyl sites for hydroxylation is 1. The molecule has 0 saturated carbocycles. The van der Waals surface area contributed by atoms with Gasteiger partial charge < -0.3 is 15.4 Å². The van der Waals surface area contributed by atoms with E-state index in [9.17, 15) is 14.4 Å². The highest BCUT2D eigenvalue weighted by atomic mass is 16.5. The molecule has 0 aliphatic heterocycles. The molecule has 0 unspecified atom stereocenters. The second-order valence-corrected chi connectivity index (χ2v) is 5.60. The first-order chi connectivity index (χ1) is 11.9. The predicted octanol–water partition coefficient (Wildman–Crippen LogP) is 2.43. The van der Waals surface area contributed by atoms with Gasteiger partial charge in [0.2, 0.25) is 5.91 Å². The molecule has 6 nitrogen and oxygen atoms in total. The van der Waals surface area contributed by atoms with Crippen molar-refractivity contribution in [2.24, 2.45) is 0 Å². The van der Waals surface area contributed by atoms with Gasteiger partial charge in [0.25, 0.3) is 5.91 Å². The topological polar surface area (TPSA) is 84.5 Å². The van der Waals surface area contributed by atoms with E-state index in [-0.39, 0.29) is 18.4 Å². The maximum atomic E-state index is 11.9. The quantitative estimate of drug-likeness (QED) is 0.791. The molecule has 0 saturated heterocycles. The number of hydrogen-bond acceptors (Lipinski definition) is 4. The molecule has 0 heterocycles. The molecule has 0 atom stereocenters. The highest BCUT2D eigenvalue weighted by Gasteiger charge is 2.10. The number of benzene rings is 2. The molecule has 0 radical (unpaired) electrons. The third-order valence-corrected chi connectivity index (χ3v) is 3.39. The zero-order valence-electron chi connectivity index (χ0n) is 14.2. The summed E-state index contributed by atoms with van der Waals surface area (Å²) in [5.74, 6) is -1.16. The molecule has 2 amide bonds. The van der Waals surface area contributed by atoms with Crippen LogP contribution in [0, 0.1) is 6.92 Å². The lowest BCUT2D eigenvalue weighted by atomic mass is 10.1. The van der Waals surface area contributed by atoms with Crippen molar-refractivity contribution in [2.45, 2.75) is 20.4 Å². The van der Waals surface area contributed by atoms with E-state index >= 15 is 0 Å². The van der Waals surface area contributed by atoms with Crippen LogP contribution in [0.3, 0.4) is 0 Å². The van der Waals surface area contributed by atoms with E-state index in [1.54, 1.807) is 12.1 Å². The summed E-state index contributed by atoms with van der Waals surface area (Å²) in [6.07, 6.45) is 0. The van der Waals surface area contributed by atoms with E-state index in [1.807, 2.05) is 31.2 Å². The van der Waals surface area contributed by atoms with E-state index in [0.29, 0.717) is 17.8 Å².